The molecule has 2 fully saturated rings. The molecule has 18 heavy (non-hydrogen) atoms. The van der Waals surface area contributed by atoms with Crippen LogP contribution in [0, 0.1) is 0 Å². The van der Waals surface area contributed by atoms with E-state index in [0.29, 0.717) is 32.1 Å². The number of rotatable bonds is 3. The van der Waals surface area contributed by atoms with Gasteiger partial charge in [-0.3, -0.25) is 0 Å². The largest absolute Gasteiger partial charge is 0.371 e. The zero-order valence-electron chi connectivity index (χ0n) is 10.7. The first-order chi connectivity index (χ1) is 8.54. The van der Waals surface area contributed by atoms with E-state index in [1.54, 1.807) is 4.31 Å². The third kappa shape index (κ3) is 3.17. The molecule has 0 radical (unpaired) electrons. The molecule has 5 nitrogen and oxygen atoms in total. The summed E-state index contributed by atoms with van der Waals surface area (Å²) in [7, 11) is -3.33. The van der Waals surface area contributed by atoms with E-state index in [-0.39, 0.29) is 12.2 Å². The number of halogens is 1. The van der Waals surface area contributed by atoms with Gasteiger partial charge in [0, 0.05) is 32.1 Å². The topological polar surface area (TPSA) is 49.9 Å². The molecule has 106 valence electrons. The Morgan fingerprint density at radius 2 is 1.83 bits per heavy atom. The van der Waals surface area contributed by atoms with E-state index < -0.39 is 10.2 Å². The van der Waals surface area contributed by atoms with Crippen LogP contribution in [0.25, 0.3) is 0 Å². The third-order valence-electron chi connectivity index (χ3n) is 3.43. The monoisotopic (exact) mass is 296 g/mol. The number of piperidine rings is 1. The van der Waals surface area contributed by atoms with Crippen LogP contribution in [0.2, 0.25) is 0 Å². The van der Waals surface area contributed by atoms with Crippen LogP contribution in [0.4, 0.5) is 0 Å². The van der Waals surface area contributed by atoms with Crippen molar-refractivity contribution in [1.82, 2.24) is 8.61 Å². The van der Waals surface area contributed by atoms with Gasteiger partial charge in [0.25, 0.3) is 10.2 Å². The van der Waals surface area contributed by atoms with Crippen molar-refractivity contribution in [2.24, 2.45) is 0 Å². The molecule has 2 heterocycles. The molecule has 2 rings (SSSR count). The second-order valence-electron chi connectivity index (χ2n) is 5.01. The Labute approximate surface area is 114 Å². The Bertz CT molecular complexity index is 370. The Balaban J connectivity index is 2.08. The summed E-state index contributed by atoms with van der Waals surface area (Å²) in [4.78, 5) is 0. The molecule has 2 aliphatic rings. The lowest BCUT2D eigenvalue weighted by Crippen LogP contribution is -2.54. The van der Waals surface area contributed by atoms with Gasteiger partial charge in [0.15, 0.2) is 0 Å². The molecule has 0 aliphatic carbocycles. The Morgan fingerprint density at radius 3 is 2.44 bits per heavy atom. The summed E-state index contributed by atoms with van der Waals surface area (Å²) < 4.78 is 33.7. The molecule has 0 aromatic rings. The highest BCUT2D eigenvalue weighted by Gasteiger charge is 2.36. The lowest BCUT2D eigenvalue weighted by molar-refractivity contribution is -0.0438. The molecule has 2 aliphatic heterocycles. The molecule has 0 spiro atoms. The fraction of sp³-hybridized carbons (Fsp3) is 1.00. The van der Waals surface area contributed by atoms with E-state index in [4.69, 9.17) is 16.3 Å². The van der Waals surface area contributed by atoms with E-state index in [9.17, 15) is 8.42 Å². The zero-order chi connectivity index (χ0) is 13.2. The van der Waals surface area contributed by atoms with Crippen LogP contribution in [0.1, 0.15) is 26.2 Å². The van der Waals surface area contributed by atoms with Gasteiger partial charge < -0.3 is 4.74 Å². The Hall–Kier alpha value is 0.120. The molecule has 2 saturated heterocycles. The van der Waals surface area contributed by atoms with Crippen LogP contribution < -0.4 is 0 Å². The number of nitrogens with zero attached hydrogens (tertiary/aromatic N) is 2. The second kappa shape index (κ2) is 6.05. The molecule has 0 N–H and O–H groups in total. The van der Waals surface area contributed by atoms with Gasteiger partial charge in [-0.25, -0.2) is 0 Å². The number of hydrogen-bond donors (Lipinski definition) is 0. The lowest BCUT2D eigenvalue weighted by atomic mass is 10.2. The number of hydrogen-bond acceptors (Lipinski definition) is 3. The predicted molar refractivity (Wildman–Crippen MR) is 71.0 cm³/mol. The highest BCUT2D eigenvalue weighted by Crippen LogP contribution is 2.21. The normalized spacial score (nSPS) is 32.6. The van der Waals surface area contributed by atoms with E-state index in [1.807, 2.05) is 6.92 Å². The van der Waals surface area contributed by atoms with Crippen LogP contribution in [0.3, 0.4) is 0 Å². The fourth-order valence-electron chi connectivity index (χ4n) is 2.54. The van der Waals surface area contributed by atoms with Gasteiger partial charge in [-0.15, -0.1) is 11.6 Å². The minimum absolute atomic E-state index is 0.0953. The van der Waals surface area contributed by atoms with Crippen LogP contribution in [-0.2, 0) is 14.9 Å². The molecule has 0 saturated carbocycles. The van der Waals surface area contributed by atoms with Crippen LogP contribution >= 0.6 is 11.6 Å². The maximum Gasteiger partial charge on any atom is 0.282 e. The molecule has 0 amide bonds. The quantitative estimate of drug-likeness (QED) is 0.731. The first-order valence-electron chi connectivity index (χ1n) is 6.50. The minimum atomic E-state index is -3.33. The zero-order valence-corrected chi connectivity index (χ0v) is 12.3. The standard InChI is InChI=1S/C11H21ClN2O3S/c1-10-8-14(9-11(7-12)17-10)18(15,16)13-5-3-2-4-6-13/h10-11H,2-9H2,1H3. The fourth-order valence-corrected chi connectivity index (χ4v) is 4.51. The van der Waals surface area contributed by atoms with Crippen molar-refractivity contribution in [3.05, 3.63) is 0 Å². The van der Waals surface area contributed by atoms with Crippen LogP contribution in [0.5, 0.6) is 0 Å². The van der Waals surface area contributed by atoms with E-state index in [2.05, 4.69) is 0 Å². The van der Waals surface area contributed by atoms with Crippen molar-refractivity contribution in [3.8, 4) is 0 Å². The van der Waals surface area contributed by atoms with Gasteiger partial charge in [0.1, 0.15) is 0 Å². The van der Waals surface area contributed by atoms with Crippen LogP contribution in [0.15, 0.2) is 0 Å². The lowest BCUT2D eigenvalue weighted by Gasteiger charge is -2.38. The van der Waals surface area contributed by atoms with Crippen molar-refractivity contribution in [1.29, 1.82) is 0 Å². The average molecular weight is 297 g/mol. The Kier molecular flexibility index (Phi) is 4.88. The van der Waals surface area contributed by atoms with E-state index in [0.717, 1.165) is 19.3 Å². The van der Waals surface area contributed by atoms with Crippen molar-refractivity contribution < 1.29 is 13.2 Å². The first kappa shape index (κ1) is 14.5. The summed E-state index contributed by atoms with van der Waals surface area (Å²) >= 11 is 5.79. The summed E-state index contributed by atoms with van der Waals surface area (Å²) in [6.07, 6.45) is 2.74. The van der Waals surface area contributed by atoms with Crippen molar-refractivity contribution in [2.45, 2.75) is 38.4 Å². The minimum Gasteiger partial charge on any atom is -0.371 e. The summed E-state index contributed by atoms with van der Waals surface area (Å²) in [5.41, 5.74) is 0. The molecule has 7 heteroatoms. The SMILES string of the molecule is CC1CN(S(=O)(=O)N2CCCCC2)CC(CCl)O1. The van der Waals surface area contributed by atoms with Gasteiger partial charge in [0.2, 0.25) is 0 Å². The maximum atomic E-state index is 12.5. The average Bonchev–Trinajstić information content (AvgIpc) is 2.39. The van der Waals surface area contributed by atoms with Crippen molar-refractivity contribution in [3.63, 3.8) is 0 Å². The van der Waals surface area contributed by atoms with Gasteiger partial charge >= 0.3 is 0 Å². The first-order valence-corrected chi connectivity index (χ1v) is 8.44. The molecule has 0 aromatic heterocycles. The maximum absolute atomic E-state index is 12.5. The van der Waals surface area contributed by atoms with Crippen molar-refractivity contribution >= 4 is 21.8 Å². The molecular weight excluding hydrogens is 276 g/mol. The van der Waals surface area contributed by atoms with E-state index in [1.165, 1.54) is 4.31 Å². The predicted octanol–water partition coefficient (Wildman–Crippen LogP) is 1.05. The Morgan fingerprint density at radius 1 is 1.17 bits per heavy atom. The molecular formula is C11H21ClN2O3S. The second-order valence-corrected chi connectivity index (χ2v) is 7.24. The van der Waals surface area contributed by atoms with Gasteiger partial charge in [0.05, 0.1) is 12.2 Å². The smallest absolute Gasteiger partial charge is 0.282 e. The van der Waals surface area contributed by atoms with Gasteiger partial charge in [-0.05, 0) is 19.8 Å². The summed E-state index contributed by atoms with van der Waals surface area (Å²) in [6.45, 7) is 3.95. The van der Waals surface area contributed by atoms with Crippen LogP contribution in [-0.4, -0.2) is 61.3 Å². The molecule has 2 unspecified atom stereocenters. The number of ether oxygens (including phenoxy) is 1. The summed E-state index contributed by atoms with van der Waals surface area (Å²) in [6, 6.07) is 0. The highest BCUT2D eigenvalue weighted by molar-refractivity contribution is 7.86. The molecule has 2 atom stereocenters. The summed E-state index contributed by atoms with van der Waals surface area (Å²) in [5, 5.41) is 0. The molecule has 0 aromatic carbocycles. The van der Waals surface area contributed by atoms with Crippen molar-refractivity contribution in [2.75, 3.05) is 32.1 Å². The van der Waals surface area contributed by atoms with Gasteiger partial charge in [-0.2, -0.15) is 17.0 Å². The third-order valence-corrected chi connectivity index (χ3v) is 5.75. The molecule has 0 bridgehead atoms. The summed E-state index contributed by atoms with van der Waals surface area (Å²) in [5.74, 6) is 0.330. The highest BCUT2D eigenvalue weighted by atomic mass is 35.5. The van der Waals surface area contributed by atoms with Gasteiger partial charge in [-0.1, -0.05) is 6.42 Å². The number of alkyl halides is 1. The van der Waals surface area contributed by atoms with E-state index >= 15 is 0 Å². The number of morpholine rings is 1.